The molecule has 188 valence electrons. The van der Waals surface area contributed by atoms with Crippen LogP contribution in [0.15, 0.2) is 28.7 Å². The lowest BCUT2D eigenvalue weighted by Gasteiger charge is -2.55. The molecule has 1 aromatic carbocycles. The lowest BCUT2D eigenvalue weighted by atomic mass is 9.54. The van der Waals surface area contributed by atoms with E-state index in [1.165, 1.54) is 11.8 Å². The molecule has 0 aliphatic heterocycles. The van der Waals surface area contributed by atoms with Crippen LogP contribution in [0.1, 0.15) is 29.3 Å². The number of rotatable bonds is 3. The fourth-order valence-electron chi connectivity index (χ4n) is 5.93. The fraction of sp³-hybridized carbons (Fsp3) is 0.458. The standard InChI is InChI=1S/C24H30N4O7/c1-23(28(4)5)13-7-9-6-10-12(27(2)3)8-11(25)17(29)15(10)18(30)14(9)20(32)24(13,35)21(33)16(19(23)31)22(26)34/h8-9,13,29,31-32,35H,6-7,25H2,1-5H3,(H2,26,34)/t9-,13-,23?,24-/m0/s1. The van der Waals surface area contributed by atoms with Crippen LogP contribution in [0.25, 0.3) is 0 Å². The summed E-state index contributed by atoms with van der Waals surface area (Å²) in [5, 5.41) is 44.7. The fourth-order valence-corrected chi connectivity index (χ4v) is 5.93. The predicted octanol–water partition coefficient (Wildman–Crippen LogP) is 0.159. The molecule has 0 saturated heterocycles. The Morgan fingerprint density at radius 2 is 1.71 bits per heavy atom. The Labute approximate surface area is 201 Å². The molecule has 1 aromatic rings. The number of Topliss-reactive ketones (excluding diaryl/α,β-unsaturated/α-hetero) is 2. The first-order valence-electron chi connectivity index (χ1n) is 11.1. The number of fused-ring (bicyclic) bond motifs is 3. The summed E-state index contributed by atoms with van der Waals surface area (Å²) in [5.41, 5.74) is 7.04. The van der Waals surface area contributed by atoms with E-state index in [2.05, 4.69) is 0 Å². The van der Waals surface area contributed by atoms with Gasteiger partial charge in [-0.25, -0.2) is 0 Å². The van der Waals surface area contributed by atoms with Crippen LogP contribution in [-0.2, 0) is 16.0 Å². The number of nitrogens with zero attached hydrogens (tertiary/aromatic N) is 2. The van der Waals surface area contributed by atoms with Crippen molar-refractivity contribution in [3.05, 3.63) is 39.9 Å². The van der Waals surface area contributed by atoms with Gasteiger partial charge in [0, 0.05) is 31.3 Å². The molecule has 3 aliphatic carbocycles. The van der Waals surface area contributed by atoms with Gasteiger partial charge in [0.2, 0.25) is 5.78 Å². The van der Waals surface area contributed by atoms with Crippen LogP contribution in [0.4, 0.5) is 11.4 Å². The second-order valence-electron chi connectivity index (χ2n) is 10.1. The van der Waals surface area contributed by atoms with Gasteiger partial charge >= 0.3 is 0 Å². The zero-order valence-corrected chi connectivity index (χ0v) is 20.2. The average Bonchev–Trinajstić information content (AvgIpc) is 2.76. The number of anilines is 2. The molecule has 0 bridgehead atoms. The van der Waals surface area contributed by atoms with Gasteiger partial charge in [-0.1, -0.05) is 0 Å². The van der Waals surface area contributed by atoms with E-state index in [1.807, 2.05) is 0 Å². The number of hydrogen-bond acceptors (Lipinski definition) is 10. The van der Waals surface area contributed by atoms with E-state index in [1.54, 1.807) is 39.2 Å². The Morgan fingerprint density at radius 3 is 2.23 bits per heavy atom. The molecular weight excluding hydrogens is 456 g/mol. The number of aromatic hydroxyl groups is 1. The largest absolute Gasteiger partial charge is 0.509 e. The Kier molecular flexibility index (Phi) is 5.23. The van der Waals surface area contributed by atoms with Gasteiger partial charge in [0.15, 0.2) is 11.4 Å². The van der Waals surface area contributed by atoms with Crippen molar-refractivity contribution in [1.29, 1.82) is 0 Å². The maximum absolute atomic E-state index is 13.7. The van der Waals surface area contributed by atoms with Crippen molar-refractivity contribution in [2.45, 2.75) is 30.9 Å². The Morgan fingerprint density at radius 1 is 1.11 bits per heavy atom. The van der Waals surface area contributed by atoms with E-state index in [0.717, 1.165) is 0 Å². The normalized spacial score (nSPS) is 30.3. The maximum atomic E-state index is 13.7. The molecule has 0 spiro atoms. The molecule has 1 unspecified atom stereocenters. The minimum atomic E-state index is -2.70. The van der Waals surface area contributed by atoms with Gasteiger partial charge in [-0.15, -0.1) is 0 Å². The number of hydrogen-bond donors (Lipinski definition) is 6. The highest BCUT2D eigenvalue weighted by atomic mass is 16.3. The number of nitrogen functional groups attached to an aromatic ring is 1. The van der Waals surface area contributed by atoms with Crippen molar-refractivity contribution in [1.82, 2.24) is 4.90 Å². The molecule has 35 heavy (non-hydrogen) atoms. The molecule has 3 aliphatic rings. The molecular formula is C24H30N4O7. The maximum Gasteiger partial charge on any atom is 0.255 e. The summed E-state index contributed by atoms with van der Waals surface area (Å²) >= 11 is 0. The molecule has 11 heteroatoms. The predicted molar refractivity (Wildman–Crippen MR) is 127 cm³/mol. The molecule has 1 amide bonds. The van der Waals surface area contributed by atoms with Crippen LogP contribution in [-0.4, -0.2) is 82.1 Å². The Hall–Kier alpha value is -3.57. The number of aliphatic hydroxyl groups excluding tert-OH is 2. The molecule has 4 rings (SSSR count). The van der Waals surface area contributed by atoms with Gasteiger partial charge in [0.25, 0.3) is 5.91 Å². The second kappa shape index (κ2) is 7.46. The molecule has 4 atom stereocenters. The zero-order chi connectivity index (χ0) is 26.4. The van der Waals surface area contributed by atoms with E-state index in [0.29, 0.717) is 11.3 Å². The SMILES string of the molecule is CN(C)c1cc(N)c(O)c2c1C[C@H]1C[C@H]3C(C)(N(C)C)C(O)=C(C(N)=O)C(=O)[C@@]3(O)C(O)=C1C2=O. The van der Waals surface area contributed by atoms with E-state index in [4.69, 9.17) is 11.5 Å². The van der Waals surface area contributed by atoms with Gasteiger partial charge < -0.3 is 36.8 Å². The first kappa shape index (κ1) is 24.6. The highest BCUT2D eigenvalue weighted by Crippen LogP contribution is 2.56. The summed E-state index contributed by atoms with van der Waals surface area (Å²) in [6.07, 6.45) is 0.203. The Bertz CT molecular complexity index is 1260. The third kappa shape index (κ3) is 2.88. The highest BCUT2D eigenvalue weighted by molar-refractivity contribution is 6.25. The minimum absolute atomic E-state index is 0.00953. The van der Waals surface area contributed by atoms with E-state index < -0.39 is 63.3 Å². The van der Waals surface area contributed by atoms with Crippen LogP contribution in [0.3, 0.4) is 0 Å². The van der Waals surface area contributed by atoms with Gasteiger partial charge in [-0.2, -0.15) is 0 Å². The van der Waals surface area contributed by atoms with Crippen LogP contribution >= 0.6 is 0 Å². The third-order valence-electron chi connectivity index (χ3n) is 8.01. The zero-order valence-electron chi connectivity index (χ0n) is 20.2. The molecule has 0 fully saturated rings. The number of primary amides is 1. The monoisotopic (exact) mass is 486 g/mol. The van der Waals surface area contributed by atoms with Crippen LogP contribution in [0, 0.1) is 11.8 Å². The molecule has 0 radical (unpaired) electrons. The number of benzene rings is 1. The number of phenols is 1. The average molecular weight is 487 g/mol. The number of aliphatic hydroxyl groups is 3. The summed E-state index contributed by atoms with van der Waals surface area (Å²) in [7, 11) is 6.70. The number of phenolic OH excluding ortho intramolecular Hbond substituents is 1. The van der Waals surface area contributed by atoms with Crippen molar-refractivity contribution in [3.63, 3.8) is 0 Å². The lowest BCUT2D eigenvalue weighted by molar-refractivity contribution is -0.155. The molecule has 11 nitrogen and oxygen atoms in total. The number of allylic oxidation sites excluding steroid dienone is 1. The van der Waals surface area contributed by atoms with Crippen molar-refractivity contribution < 1.29 is 34.8 Å². The number of carbonyl (C=O) groups is 3. The van der Waals surface area contributed by atoms with Crippen molar-refractivity contribution in [2.24, 2.45) is 17.6 Å². The van der Waals surface area contributed by atoms with Crippen molar-refractivity contribution in [2.75, 3.05) is 38.8 Å². The molecule has 8 N–H and O–H groups in total. The number of ketones is 2. The third-order valence-corrected chi connectivity index (χ3v) is 8.01. The number of carbonyl (C=O) groups excluding carboxylic acids is 3. The van der Waals surface area contributed by atoms with Crippen molar-refractivity contribution in [3.8, 4) is 5.75 Å². The Balaban J connectivity index is 2.04. The van der Waals surface area contributed by atoms with E-state index >= 15 is 0 Å². The number of nitrogens with two attached hydrogens (primary N) is 2. The van der Waals surface area contributed by atoms with Gasteiger partial charge in [0.05, 0.1) is 16.8 Å². The number of likely N-dealkylation sites (N-methyl/N-ethyl adjacent to an activating group) is 1. The van der Waals surface area contributed by atoms with Gasteiger partial charge in [-0.05, 0) is 51.4 Å². The first-order chi connectivity index (χ1) is 16.1. The van der Waals surface area contributed by atoms with E-state index in [9.17, 15) is 34.8 Å². The quantitative estimate of drug-likeness (QED) is 0.195. The number of amides is 1. The second-order valence-corrected chi connectivity index (χ2v) is 10.1. The van der Waals surface area contributed by atoms with Gasteiger partial charge in [-0.3, -0.25) is 19.3 Å². The van der Waals surface area contributed by atoms with Crippen molar-refractivity contribution >= 4 is 28.8 Å². The minimum Gasteiger partial charge on any atom is -0.509 e. The van der Waals surface area contributed by atoms with E-state index in [-0.39, 0.29) is 29.7 Å². The van der Waals surface area contributed by atoms with Crippen LogP contribution < -0.4 is 16.4 Å². The van der Waals surface area contributed by atoms with Crippen LogP contribution in [0.2, 0.25) is 0 Å². The molecule has 0 heterocycles. The summed E-state index contributed by atoms with van der Waals surface area (Å²) < 4.78 is 0. The lowest BCUT2D eigenvalue weighted by Crippen LogP contribution is -2.68. The van der Waals surface area contributed by atoms with Crippen LogP contribution in [0.5, 0.6) is 5.75 Å². The first-order valence-corrected chi connectivity index (χ1v) is 11.1. The van der Waals surface area contributed by atoms with Gasteiger partial charge in [0.1, 0.15) is 22.8 Å². The summed E-state index contributed by atoms with van der Waals surface area (Å²) in [5.74, 6) is -7.07. The summed E-state index contributed by atoms with van der Waals surface area (Å²) in [6.45, 7) is 1.53. The smallest absolute Gasteiger partial charge is 0.255 e. The topological polar surface area (TPSA) is 191 Å². The summed E-state index contributed by atoms with van der Waals surface area (Å²) in [6, 6.07) is 1.55. The highest BCUT2D eigenvalue weighted by Gasteiger charge is 2.67. The molecule has 0 aromatic heterocycles. The molecule has 0 saturated carbocycles. The summed E-state index contributed by atoms with van der Waals surface area (Å²) in [4.78, 5) is 42.5.